The Morgan fingerprint density at radius 3 is 2.19 bits per heavy atom. The van der Waals surface area contributed by atoms with Gasteiger partial charge in [0.05, 0.1) is 12.3 Å². The van der Waals surface area contributed by atoms with E-state index in [0.717, 1.165) is 24.1 Å². The topological polar surface area (TPSA) is 21.6 Å². The zero-order chi connectivity index (χ0) is 18.0. The Kier molecular flexibility index (Phi) is 7.79. The Balaban J connectivity index is 1.65. The second-order valence-corrected chi connectivity index (χ2v) is 8.19. The number of benzene rings is 1. The molecule has 2 nitrogen and oxygen atoms in total. The standard InChI is InChI=1S/C24H35NO/c1-20(17-18-21-11-5-2-6-12-21)24(25-23-15-9-4-10-16-23)26-19-22-13-7-3-8-14-22/h4,9-10,15-17,21-22H,2-3,5-8,11-14,18-19H2,1H3/b20-17+,25-24?. The van der Waals surface area contributed by atoms with Crippen LogP contribution in [0.25, 0.3) is 0 Å². The normalized spacial score (nSPS) is 21.0. The minimum atomic E-state index is 0.705. The van der Waals surface area contributed by atoms with Crippen LogP contribution in [0.2, 0.25) is 0 Å². The van der Waals surface area contributed by atoms with E-state index in [1.54, 1.807) is 0 Å². The molecule has 0 aromatic heterocycles. The third-order valence-electron chi connectivity index (χ3n) is 5.99. The minimum absolute atomic E-state index is 0.705. The average Bonchev–Trinajstić information content (AvgIpc) is 2.71. The summed E-state index contributed by atoms with van der Waals surface area (Å²) in [6.07, 6.45) is 17.3. The smallest absolute Gasteiger partial charge is 0.216 e. The molecule has 0 aliphatic heterocycles. The lowest BCUT2D eigenvalue weighted by atomic mass is 9.86. The minimum Gasteiger partial charge on any atom is -0.477 e. The second kappa shape index (κ2) is 10.5. The monoisotopic (exact) mass is 353 g/mol. The van der Waals surface area contributed by atoms with Crippen LogP contribution in [-0.4, -0.2) is 12.5 Å². The summed E-state index contributed by atoms with van der Waals surface area (Å²) in [7, 11) is 0. The molecule has 0 atom stereocenters. The number of ether oxygens (including phenoxy) is 1. The van der Waals surface area contributed by atoms with Gasteiger partial charge < -0.3 is 4.74 Å². The first-order valence-corrected chi connectivity index (χ1v) is 10.7. The molecule has 1 aromatic rings. The van der Waals surface area contributed by atoms with Crippen LogP contribution in [-0.2, 0) is 4.74 Å². The lowest BCUT2D eigenvalue weighted by Gasteiger charge is -2.23. The molecule has 1 aromatic carbocycles. The first kappa shape index (κ1) is 19.2. The van der Waals surface area contributed by atoms with E-state index in [1.807, 2.05) is 18.2 Å². The van der Waals surface area contributed by atoms with Crippen LogP contribution in [0.1, 0.15) is 77.6 Å². The van der Waals surface area contributed by atoms with Gasteiger partial charge in [-0.25, -0.2) is 4.99 Å². The molecule has 26 heavy (non-hydrogen) atoms. The van der Waals surface area contributed by atoms with Crippen molar-refractivity contribution in [1.29, 1.82) is 0 Å². The number of aliphatic imine (C=N–C) groups is 1. The summed E-state index contributed by atoms with van der Waals surface area (Å²) in [4.78, 5) is 4.83. The number of nitrogens with zero attached hydrogens (tertiary/aromatic N) is 1. The predicted molar refractivity (Wildman–Crippen MR) is 111 cm³/mol. The number of hydrogen-bond donors (Lipinski definition) is 0. The van der Waals surface area contributed by atoms with Gasteiger partial charge in [0.1, 0.15) is 0 Å². The molecule has 2 aliphatic rings. The van der Waals surface area contributed by atoms with Crippen molar-refractivity contribution in [2.45, 2.75) is 77.6 Å². The molecule has 0 radical (unpaired) electrons. The van der Waals surface area contributed by atoms with Gasteiger partial charge in [-0.15, -0.1) is 0 Å². The Hall–Kier alpha value is -1.57. The second-order valence-electron chi connectivity index (χ2n) is 8.19. The van der Waals surface area contributed by atoms with Crippen molar-refractivity contribution in [1.82, 2.24) is 0 Å². The molecule has 2 saturated carbocycles. The summed E-state index contributed by atoms with van der Waals surface area (Å²) in [5.41, 5.74) is 2.19. The van der Waals surface area contributed by atoms with Crippen LogP contribution in [0.15, 0.2) is 47.0 Å². The number of rotatable bonds is 6. The van der Waals surface area contributed by atoms with Gasteiger partial charge in [-0.3, -0.25) is 0 Å². The van der Waals surface area contributed by atoms with Gasteiger partial charge >= 0.3 is 0 Å². The summed E-state index contributed by atoms with van der Waals surface area (Å²) in [5, 5.41) is 0. The molecule has 0 unspecified atom stereocenters. The summed E-state index contributed by atoms with van der Waals surface area (Å²) < 4.78 is 6.27. The maximum atomic E-state index is 6.27. The largest absolute Gasteiger partial charge is 0.477 e. The van der Waals surface area contributed by atoms with Crippen molar-refractivity contribution < 1.29 is 4.74 Å². The van der Waals surface area contributed by atoms with E-state index in [4.69, 9.17) is 9.73 Å². The Morgan fingerprint density at radius 1 is 0.923 bits per heavy atom. The molecule has 0 bridgehead atoms. The van der Waals surface area contributed by atoms with Crippen molar-refractivity contribution in [3.05, 3.63) is 42.0 Å². The van der Waals surface area contributed by atoms with Crippen molar-refractivity contribution >= 4 is 11.6 Å². The van der Waals surface area contributed by atoms with Crippen LogP contribution in [0.4, 0.5) is 5.69 Å². The predicted octanol–water partition coefficient (Wildman–Crippen LogP) is 7.23. The average molecular weight is 354 g/mol. The van der Waals surface area contributed by atoms with Gasteiger partial charge in [0.15, 0.2) is 0 Å². The highest BCUT2D eigenvalue weighted by Crippen LogP contribution is 2.28. The van der Waals surface area contributed by atoms with Crippen molar-refractivity contribution in [2.24, 2.45) is 16.8 Å². The summed E-state index contributed by atoms with van der Waals surface area (Å²) in [5.74, 6) is 2.39. The molecule has 2 aliphatic carbocycles. The maximum Gasteiger partial charge on any atom is 0.216 e. The van der Waals surface area contributed by atoms with Gasteiger partial charge in [0, 0.05) is 5.57 Å². The fourth-order valence-corrected chi connectivity index (χ4v) is 4.26. The number of allylic oxidation sites excluding steroid dienone is 1. The third-order valence-corrected chi connectivity index (χ3v) is 5.99. The highest BCUT2D eigenvalue weighted by molar-refractivity contribution is 5.94. The van der Waals surface area contributed by atoms with Gasteiger partial charge in [0.2, 0.25) is 5.90 Å². The Morgan fingerprint density at radius 2 is 1.54 bits per heavy atom. The van der Waals surface area contributed by atoms with Crippen molar-refractivity contribution in [3.8, 4) is 0 Å². The number of hydrogen-bond acceptors (Lipinski definition) is 2. The fraction of sp³-hybridized carbons (Fsp3) is 0.625. The zero-order valence-corrected chi connectivity index (χ0v) is 16.5. The van der Waals surface area contributed by atoms with Crippen LogP contribution >= 0.6 is 0 Å². The summed E-state index contributed by atoms with van der Waals surface area (Å²) in [6, 6.07) is 10.2. The fourth-order valence-electron chi connectivity index (χ4n) is 4.26. The van der Waals surface area contributed by atoms with E-state index in [9.17, 15) is 0 Å². The van der Waals surface area contributed by atoms with Gasteiger partial charge in [0.25, 0.3) is 0 Å². The molecular weight excluding hydrogens is 318 g/mol. The first-order valence-electron chi connectivity index (χ1n) is 10.7. The van der Waals surface area contributed by atoms with E-state index in [1.165, 1.54) is 76.2 Å². The first-order chi connectivity index (χ1) is 12.8. The van der Waals surface area contributed by atoms with Gasteiger partial charge in [-0.05, 0) is 50.2 Å². The van der Waals surface area contributed by atoms with E-state index in [0.29, 0.717) is 5.92 Å². The molecular formula is C24H35NO. The molecule has 0 spiro atoms. The van der Waals surface area contributed by atoms with Crippen LogP contribution < -0.4 is 0 Å². The molecule has 2 heteroatoms. The van der Waals surface area contributed by atoms with E-state index in [2.05, 4.69) is 25.1 Å². The molecule has 0 amide bonds. The molecule has 3 rings (SSSR count). The highest BCUT2D eigenvalue weighted by atomic mass is 16.5. The van der Waals surface area contributed by atoms with Crippen molar-refractivity contribution in [3.63, 3.8) is 0 Å². The van der Waals surface area contributed by atoms with Crippen LogP contribution in [0, 0.1) is 11.8 Å². The lowest BCUT2D eigenvalue weighted by Crippen LogP contribution is -2.17. The zero-order valence-electron chi connectivity index (χ0n) is 16.5. The van der Waals surface area contributed by atoms with E-state index >= 15 is 0 Å². The summed E-state index contributed by atoms with van der Waals surface area (Å²) >= 11 is 0. The van der Waals surface area contributed by atoms with Gasteiger partial charge in [-0.1, -0.05) is 75.6 Å². The SMILES string of the molecule is C/C(=C\CC1CCCCC1)C(=Nc1ccccc1)OCC1CCCCC1. The Labute approximate surface area is 159 Å². The molecule has 2 fully saturated rings. The lowest BCUT2D eigenvalue weighted by molar-refractivity contribution is 0.199. The maximum absolute atomic E-state index is 6.27. The van der Waals surface area contributed by atoms with Crippen molar-refractivity contribution in [2.75, 3.05) is 6.61 Å². The molecule has 0 saturated heterocycles. The Bertz CT molecular complexity index is 577. The molecule has 0 N–H and O–H groups in total. The van der Waals surface area contributed by atoms with Crippen LogP contribution in [0.3, 0.4) is 0 Å². The summed E-state index contributed by atoms with van der Waals surface area (Å²) in [6.45, 7) is 2.99. The number of para-hydroxylation sites is 1. The highest BCUT2D eigenvalue weighted by Gasteiger charge is 2.16. The van der Waals surface area contributed by atoms with Crippen LogP contribution in [0.5, 0.6) is 0 Å². The third kappa shape index (κ3) is 6.30. The van der Waals surface area contributed by atoms with E-state index in [-0.39, 0.29) is 0 Å². The quantitative estimate of drug-likeness (QED) is 0.390. The molecule has 142 valence electrons. The molecule has 0 heterocycles. The van der Waals surface area contributed by atoms with Gasteiger partial charge in [-0.2, -0.15) is 0 Å². The van der Waals surface area contributed by atoms with E-state index < -0.39 is 0 Å².